The van der Waals surface area contributed by atoms with E-state index in [1.807, 2.05) is 6.92 Å². The summed E-state index contributed by atoms with van der Waals surface area (Å²) in [6, 6.07) is 0. The topological polar surface area (TPSA) is 49.3 Å². The summed E-state index contributed by atoms with van der Waals surface area (Å²) in [7, 11) is 0. The van der Waals surface area contributed by atoms with Gasteiger partial charge in [-0.25, -0.2) is 0 Å². The molecule has 0 aliphatic carbocycles. The lowest BCUT2D eigenvalue weighted by atomic mass is 9.76. The number of carboxylic acids is 1. The van der Waals surface area contributed by atoms with Crippen LogP contribution < -0.4 is 5.32 Å². The Morgan fingerprint density at radius 2 is 2.36 bits per heavy atom. The Bertz CT molecular complexity index is 229. The number of allylic oxidation sites excluding steroid dienone is 1. The molecule has 0 saturated carbocycles. The van der Waals surface area contributed by atoms with Crippen molar-refractivity contribution in [3.63, 3.8) is 0 Å². The minimum absolute atomic E-state index is 0.544. The monoisotopic (exact) mass is 197 g/mol. The molecule has 1 aliphatic heterocycles. The van der Waals surface area contributed by atoms with Gasteiger partial charge in [-0.1, -0.05) is 5.57 Å². The van der Waals surface area contributed by atoms with E-state index in [2.05, 4.69) is 11.9 Å². The van der Waals surface area contributed by atoms with Gasteiger partial charge >= 0.3 is 5.97 Å². The predicted octanol–water partition coefficient (Wildman–Crippen LogP) is 1.80. The molecule has 0 radical (unpaired) electrons. The van der Waals surface area contributed by atoms with Crippen LogP contribution in [0.4, 0.5) is 0 Å². The summed E-state index contributed by atoms with van der Waals surface area (Å²) >= 11 is 0. The zero-order valence-corrected chi connectivity index (χ0v) is 8.81. The van der Waals surface area contributed by atoms with Crippen molar-refractivity contribution >= 4 is 5.97 Å². The number of carbonyl (C=O) groups is 1. The van der Waals surface area contributed by atoms with Gasteiger partial charge in [0.15, 0.2) is 0 Å². The first kappa shape index (κ1) is 11.2. The zero-order chi connectivity index (χ0) is 10.6. The number of rotatable bonds is 4. The molecule has 1 heterocycles. The molecule has 0 bridgehead atoms. The normalized spacial score (nSPS) is 27.2. The fourth-order valence-corrected chi connectivity index (χ4v) is 1.92. The van der Waals surface area contributed by atoms with Crippen molar-refractivity contribution in [3.8, 4) is 0 Å². The number of hydrogen-bond donors (Lipinski definition) is 2. The van der Waals surface area contributed by atoms with Gasteiger partial charge in [0.2, 0.25) is 0 Å². The molecule has 1 fully saturated rings. The van der Waals surface area contributed by atoms with Gasteiger partial charge in [-0.2, -0.15) is 0 Å². The van der Waals surface area contributed by atoms with E-state index < -0.39 is 11.4 Å². The minimum Gasteiger partial charge on any atom is -0.481 e. The molecule has 3 nitrogen and oxygen atoms in total. The van der Waals surface area contributed by atoms with Crippen molar-refractivity contribution in [3.05, 3.63) is 12.2 Å². The van der Waals surface area contributed by atoms with Gasteiger partial charge < -0.3 is 10.4 Å². The Morgan fingerprint density at radius 3 is 2.79 bits per heavy atom. The average molecular weight is 197 g/mol. The molecule has 1 atom stereocenters. The van der Waals surface area contributed by atoms with Crippen LogP contribution in [0.3, 0.4) is 0 Å². The Hall–Kier alpha value is -0.830. The smallest absolute Gasteiger partial charge is 0.310 e. The Kier molecular flexibility index (Phi) is 3.69. The summed E-state index contributed by atoms with van der Waals surface area (Å²) in [5.41, 5.74) is 0.521. The maximum absolute atomic E-state index is 11.2. The van der Waals surface area contributed by atoms with E-state index in [0.717, 1.165) is 31.4 Å². The quantitative estimate of drug-likeness (QED) is 0.676. The first-order chi connectivity index (χ1) is 6.57. The van der Waals surface area contributed by atoms with Crippen LogP contribution in [-0.2, 0) is 4.79 Å². The van der Waals surface area contributed by atoms with Crippen LogP contribution in [0.25, 0.3) is 0 Å². The molecule has 0 spiro atoms. The van der Waals surface area contributed by atoms with Crippen molar-refractivity contribution in [2.75, 3.05) is 13.1 Å². The first-order valence-corrected chi connectivity index (χ1v) is 5.15. The molecule has 0 aromatic heterocycles. The predicted molar refractivity (Wildman–Crippen MR) is 56.2 cm³/mol. The summed E-state index contributed by atoms with van der Waals surface area (Å²) < 4.78 is 0. The van der Waals surface area contributed by atoms with Gasteiger partial charge in [-0.15, -0.1) is 6.58 Å². The van der Waals surface area contributed by atoms with Crippen molar-refractivity contribution in [1.29, 1.82) is 0 Å². The van der Waals surface area contributed by atoms with Gasteiger partial charge in [0.1, 0.15) is 0 Å². The van der Waals surface area contributed by atoms with Crippen LogP contribution in [-0.4, -0.2) is 24.2 Å². The van der Waals surface area contributed by atoms with Gasteiger partial charge in [0.05, 0.1) is 5.41 Å². The van der Waals surface area contributed by atoms with E-state index in [0.29, 0.717) is 13.0 Å². The first-order valence-electron chi connectivity index (χ1n) is 5.15. The van der Waals surface area contributed by atoms with Crippen LogP contribution in [0, 0.1) is 5.41 Å². The third kappa shape index (κ3) is 2.58. The molecule has 1 unspecified atom stereocenters. The molecule has 0 aromatic rings. The summed E-state index contributed by atoms with van der Waals surface area (Å²) in [5, 5.41) is 12.4. The van der Waals surface area contributed by atoms with Gasteiger partial charge in [-0.3, -0.25) is 4.79 Å². The van der Waals surface area contributed by atoms with E-state index >= 15 is 0 Å². The Labute approximate surface area is 85.2 Å². The SMILES string of the molecule is C=C(C)CCC1(C(=O)O)CCCNC1. The maximum atomic E-state index is 11.2. The van der Waals surface area contributed by atoms with E-state index in [1.165, 1.54) is 0 Å². The van der Waals surface area contributed by atoms with Gasteiger partial charge in [-0.05, 0) is 39.2 Å². The van der Waals surface area contributed by atoms with Gasteiger partial charge in [0.25, 0.3) is 0 Å². The molecular formula is C11H19NO2. The third-order valence-corrected chi connectivity index (χ3v) is 2.96. The highest BCUT2D eigenvalue weighted by Crippen LogP contribution is 2.32. The summed E-state index contributed by atoms with van der Waals surface area (Å²) in [6.45, 7) is 7.32. The highest BCUT2D eigenvalue weighted by atomic mass is 16.4. The largest absolute Gasteiger partial charge is 0.481 e. The number of hydrogen-bond acceptors (Lipinski definition) is 2. The second kappa shape index (κ2) is 4.60. The zero-order valence-electron chi connectivity index (χ0n) is 8.81. The van der Waals surface area contributed by atoms with E-state index in [1.54, 1.807) is 0 Å². The highest BCUT2D eigenvalue weighted by molar-refractivity contribution is 5.75. The van der Waals surface area contributed by atoms with Crippen molar-refractivity contribution in [2.45, 2.75) is 32.6 Å². The maximum Gasteiger partial charge on any atom is 0.310 e. The van der Waals surface area contributed by atoms with Gasteiger partial charge in [0, 0.05) is 6.54 Å². The lowest BCUT2D eigenvalue weighted by molar-refractivity contribution is -0.150. The number of nitrogens with one attached hydrogen (secondary N) is 1. The molecule has 1 aliphatic rings. The molecule has 1 rings (SSSR count). The van der Waals surface area contributed by atoms with E-state index in [4.69, 9.17) is 0 Å². The Balaban J connectivity index is 2.60. The van der Waals surface area contributed by atoms with Crippen LogP contribution in [0.15, 0.2) is 12.2 Å². The van der Waals surface area contributed by atoms with Crippen LogP contribution in [0.1, 0.15) is 32.6 Å². The Morgan fingerprint density at radius 1 is 1.64 bits per heavy atom. The molecule has 3 heteroatoms. The average Bonchev–Trinajstić information content (AvgIpc) is 2.16. The number of carboxylic acid groups (broad SMARTS) is 1. The van der Waals surface area contributed by atoms with Crippen molar-refractivity contribution in [1.82, 2.24) is 5.32 Å². The molecule has 80 valence electrons. The second-order valence-electron chi connectivity index (χ2n) is 4.32. The molecule has 1 saturated heterocycles. The minimum atomic E-state index is -0.661. The highest BCUT2D eigenvalue weighted by Gasteiger charge is 2.38. The standard InChI is InChI=1S/C11H19NO2/c1-9(2)4-6-11(10(13)14)5-3-7-12-8-11/h12H,1,3-8H2,2H3,(H,13,14). The molecular weight excluding hydrogens is 178 g/mol. The number of piperidine rings is 1. The fourth-order valence-electron chi connectivity index (χ4n) is 1.92. The van der Waals surface area contributed by atoms with Crippen LogP contribution in [0.2, 0.25) is 0 Å². The second-order valence-corrected chi connectivity index (χ2v) is 4.32. The summed E-state index contributed by atoms with van der Waals surface area (Å²) in [6.07, 6.45) is 3.28. The molecule has 14 heavy (non-hydrogen) atoms. The fraction of sp³-hybridized carbons (Fsp3) is 0.727. The molecule has 2 N–H and O–H groups in total. The summed E-state index contributed by atoms with van der Waals surface area (Å²) in [4.78, 5) is 11.2. The van der Waals surface area contributed by atoms with Crippen molar-refractivity contribution < 1.29 is 9.90 Å². The molecule has 0 aromatic carbocycles. The van der Waals surface area contributed by atoms with Crippen LogP contribution in [0.5, 0.6) is 0 Å². The summed E-state index contributed by atoms with van der Waals surface area (Å²) in [5.74, 6) is -0.661. The molecule has 0 amide bonds. The lowest BCUT2D eigenvalue weighted by Gasteiger charge is -2.33. The van der Waals surface area contributed by atoms with Crippen molar-refractivity contribution in [2.24, 2.45) is 5.41 Å². The third-order valence-electron chi connectivity index (χ3n) is 2.96. The van der Waals surface area contributed by atoms with E-state index in [9.17, 15) is 9.90 Å². The van der Waals surface area contributed by atoms with Crippen LogP contribution >= 0.6 is 0 Å². The van der Waals surface area contributed by atoms with E-state index in [-0.39, 0.29) is 0 Å². The number of aliphatic carboxylic acids is 1. The lowest BCUT2D eigenvalue weighted by Crippen LogP contribution is -2.45.